The van der Waals surface area contributed by atoms with Gasteiger partial charge in [0.15, 0.2) is 0 Å². The van der Waals surface area contributed by atoms with Gasteiger partial charge in [-0.2, -0.15) is 0 Å². The molecule has 0 spiro atoms. The van der Waals surface area contributed by atoms with Crippen LogP contribution >= 0.6 is 0 Å². The number of fused-ring (bicyclic) bond motifs is 3. The number of carbonyl (C=O) groups is 3. The SMILES string of the molecule is CCCC[C@@H](CC(=O)N1CCC[C@@H]1C(=O)O)NC(=O)OCC1c2ccccc2-c2ccccc21. The van der Waals surface area contributed by atoms with Crippen LogP contribution in [0.5, 0.6) is 0 Å². The number of unbranched alkanes of at least 4 members (excludes halogenated alkanes) is 1. The molecule has 0 bridgehead atoms. The molecule has 2 aliphatic rings. The van der Waals surface area contributed by atoms with Crippen LogP contribution in [0.3, 0.4) is 0 Å². The van der Waals surface area contributed by atoms with E-state index in [1.807, 2.05) is 31.2 Å². The Balaban J connectivity index is 1.38. The molecule has 1 saturated heterocycles. The number of benzene rings is 2. The van der Waals surface area contributed by atoms with E-state index >= 15 is 0 Å². The van der Waals surface area contributed by atoms with Crippen molar-refractivity contribution in [3.8, 4) is 11.1 Å². The lowest BCUT2D eigenvalue weighted by atomic mass is 9.98. The van der Waals surface area contributed by atoms with E-state index in [2.05, 4.69) is 29.6 Å². The summed E-state index contributed by atoms with van der Waals surface area (Å²) in [5.74, 6) is -1.24. The maximum atomic E-state index is 12.8. The number of aliphatic carboxylic acids is 1. The summed E-state index contributed by atoms with van der Waals surface area (Å²) in [6.07, 6.45) is 3.10. The summed E-state index contributed by atoms with van der Waals surface area (Å²) in [7, 11) is 0. The molecule has 34 heavy (non-hydrogen) atoms. The molecule has 2 aromatic carbocycles. The molecular weight excluding hydrogens is 432 g/mol. The van der Waals surface area contributed by atoms with Gasteiger partial charge in [0.05, 0.1) is 0 Å². The zero-order chi connectivity index (χ0) is 24.1. The zero-order valence-corrected chi connectivity index (χ0v) is 19.5. The fourth-order valence-electron chi connectivity index (χ4n) is 5.13. The largest absolute Gasteiger partial charge is 0.480 e. The maximum absolute atomic E-state index is 12.8. The van der Waals surface area contributed by atoms with E-state index in [4.69, 9.17) is 4.74 Å². The van der Waals surface area contributed by atoms with Crippen molar-refractivity contribution in [2.24, 2.45) is 0 Å². The predicted octanol–water partition coefficient (Wildman–Crippen LogP) is 4.55. The Kier molecular flexibility index (Phi) is 7.50. The van der Waals surface area contributed by atoms with E-state index in [1.54, 1.807) is 0 Å². The van der Waals surface area contributed by atoms with Crippen LogP contribution < -0.4 is 5.32 Å². The van der Waals surface area contributed by atoms with Crippen molar-refractivity contribution < 1.29 is 24.2 Å². The minimum Gasteiger partial charge on any atom is -0.480 e. The molecule has 7 heteroatoms. The normalized spacial score (nSPS) is 17.7. The molecule has 0 radical (unpaired) electrons. The number of amides is 2. The third-order valence-corrected chi connectivity index (χ3v) is 6.85. The maximum Gasteiger partial charge on any atom is 0.407 e. The van der Waals surface area contributed by atoms with Gasteiger partial charge >= 0.3 is 12.1 Å². The quantitative estimate of drug-likeness (QED) is 0.568. The molecule has 1 fully saturated rings. The topological polar surface area (TPSA) is 95.9 Å². The minimum atomic E-state index is -0.972. The van der Waals surface area contributed by atoms with Crippen LogP contribution in [0.4, 0.5) is 4.79 Å². The number of nitrogens with zero attached hydrogens (tertiary/aromatic N) is 1. The second-order valence-corrected chi connectivity index (χ2v) is 9.10. The van der Waals surface area contributed by atoms with Gasteiger partial charge in [-0.05, 0) is 41.5 Å². The van der Waals surface area contributed by atoms with Gasteiger partial charge < -0.3 is 20.1 Å². The monoisotopic (exact) mass is 464 g/mol. The summed E-state index contributed by atoms with van der Waals surface area (Å²) in [6.45, 7) is 2.70. The first kappa shape index (κ1) is 23.8. The van der Waals surface area contributed by atoms with Crippen molar-refractivity contribution in [3.63, 3.8) is 0 Å². The summed E-state index contributed by atoms with van der Waals surface area (Å²) in [5.41, 5.74) is 4.61. The van der Waals surface area contributed by atoms with E-state index in [0.29, 0.717) is 25.8 Å². The highest BCUT2D eigenvalue weighted by Gasteiger charge is 2.35. The van der Waals surface area contributed by atoms with Crippen LogP contribution in [0.1, 0.15) is 62.5 Å². The molecule has 7 nitrogen and oxygen atoms in total. The number of carbonyl (C=O) groups excluding carboxylic acids is 2. The van der Waals surface area contributed by atoms with Gasteiger partial charge in [-0.25, -0.2) is 9.59 Å². The highest BCUT2D eigenvalue weighted by molar-refractivity contribution is 5.85. The predicted molar refractivity (Wildman–Crippen MR) is 129 cm³/mol. The van der Waals surface area contributed by atoms with Gasteiger partial charge in [-0.1, -0.05) is 68.3 Å². The van der Waals surface area contributed by atoms with Crippen LogP contribution in [0.2, 0.25) is 0 Å². The number of carboxylic acids is 1. The van der Waals surface area contributed by atoms with Gasteiger partial charge in [0.2, 0.25) is 5.91 Å². The standard InChI is InChI=1S/C27H32N2O5/c1-2-3-9-18(16-25(30)29-15-8-14-24(29)26(31)32)28-27(33)34-17-23-21-12-6-4-10-19(21)20-11-5-7-13-22(20)23/h4-7,10-13,18,23-24H,2-3,8-9,14-17H2,1H3,(H,28,33)(H,31,32)/t18-,24+/m0/s1. The van der Waals surface area contributed by atoms with Crippen LogP contribution in [0.15, 0.2) is 48.5 Å². The summed E-state index contributed by atoms with van der Waals surface area (Å²) in [4.78, 5) is 38.4. The van der Waals surface area contributed by atoms with Crippen LogP contribution in [-0.4, -0.2) is 53.2 Å². The Morgan fingerprint density at radius 3 is 2.35 bits per heavy atom. The summed E-state index contributed by atoms with van der Waals surface area (Å²) >= 11 is 0. The number of ether oxygens (including phenoxy) is 1. The molecule has 2 amide bonds. The third-order valence-electron chi connectivity index (χ3n) is 6.85. The molecule has 2 aromatic rings. The first-order valence-corrected chi connectivity index (χ1v) is 12.1. The summed E-state index contributed by atoms with van der Waals surface area (Å²) in [5, 5.41) is 12.2. The number of carboxylic acid groups (broad SMARTS) is 1. The van der Waals surface area contributed by atoms with E-state index in [9.17, 15) is 19.5 Å². The number of hydrogen-bond donors (Lipinski definition) is 2. The Morgan fingerprint density at radius 1 is 1.09 bits per heavy atom. The molecule has 4 rings (SSSR count). The number of nitrogens with one attached hydrogen (secondary N) is 1. The molecule has 0 unspecified atom stereocenters. The fraction of sp³-hybridized carbons (Fsp3) is 0.444. The van der Waals surface area contributed by atoms with E-state index in [1.165, 1.54) is 4.90 Å². The summed E-state index contributed by atoms with van der Waals surface area (Å²) < 4.78 is 5.65. The van der Waals surface area contributed by atoms with Gasteiger partial charge in [0.25, 0.3) is 0 Å². The third kappa shape index (κ3) is 5.08. The lowest BCUT2D eigenvalue weighted by Gasteiger charge is -2.25. The zero-order valence-electron chi connectivity index (χ0n) is 19.5. The highest BCUT2D eigenvalue weighted by Crippen LogP contribution is 2.44. The Hall–Kier alpha value is -3.35. The van der Waals surface area contributed by atoms with Crippen molar-refractivity contribution in [2.75, 3.05) is 13.2 Å². The summed E-state index contributed by atoms with van der Waals surface area (Å²) in [6, 6.07) is 15.2. The van der Waals surface area contributed by atoms with E-state index in [0.717, 1.165) is 35.1 Å². The fourth-order valence-corrected chi connectivity index (χ4v) is 5.13. The molecule has 2 N–H and O–H groups in total. The van der Waals surface area contributed by atoms with Crippen LogP contribution in [0.25, 0.3) is 11.1 Å². The average Bonchev–Trinajstić information content (AvgIpc) is 3.45. The number of likely N-dealkylation sites (tertiary alicyclic amines) is 1. The molecule has 0 aromatic heterocycles. The van der Waals surface area contributed by atoms with Crippen molar-refractivity contribution in [1.82, 2.24) is 10.2 Å². The molecule has 1 aliphatic heterocycles. The first-order valence-electron chi connectivity index (χ1n) is 12.1. The van der Waals surface area contributed by atoms with Crippen molar-refractivity contribution in [1.29, 1.82) is 0 Å². The van der Waals surface area contributed by atoms with Crippen molar-refractivity contribution >= 4 is 18.0 Å². The minimum absolute atomic E-state index is 0.0326. The lowest BCUT2D eigenvalue weighted by Crippen LogP contribution is -2.45. The van der Waals surface area contributed by atoms with Crippen LogP contribution in [0, 0.1) is 0 Å². The molecule has 180 valence electrons. The molecule has 1 aliphatic carbocycles. The first-order chi connectivity index (χ1) is 16.5. The molecule has 1 heterocycles. The van der Waals surface area contributed by atoms with Crippen LogP contribution in [-0.2, 0) is 14.3 Å². The average molecular weight is 465 g/mol. The van der Waals surface area contributed by atoms with Gasteiger partial charge in [-0.3, -0.25) is 4.79 Å². The highest BCUT2D eigenvalue weighted by atomic mass is 16.5. The van der Waals surface area contributed by atoms with Gasteiger partial charge in [-0.15, -0.1) is 0 Å². The number of alkyl carbamates (subject to hydrolysis) is 1. The Labute approximate surface area is 200 Å². The van der Waals surface area contributed by atoms with Gasteiger partial charge in [0.1, 0.15) is 12.6 Å². The van der Waals surface area contributed by atoms with Gasteiger partial charge in [0, 0.05) is 24.9 Å². The van der Waals surface area contributed by atoms with Crippen molar-refractivity contribution in [3.05, 3.63) is 59.7 Å². The molecule has 2 atom stereocenters. The Bertz CT molecular complexity index is 1010. The van der Waals surface area contributed by atoms with E-state index < -0.39 is 24.1 Å². The Morgan fingerprint density at radius 2 is 1.74 bits per heavy atom. The molecule has 0 saturated carbocycles. The smallest absolute Gasteiger partial charge is 0.407 e. The second kappa shape index (κ2) is 10.7. The number of rotatable bonds is 9. The second-order valence-electron chi connectivity index (χ2n) is 9.10. The number of hydrogen-bond acceptors (Lipinski definition) is 4. The lowest BCUT2D eigenvalue weighted by molar-refractivity contribution is -0.148. The molecular formula is C27H32N2O5. The van der Waals surface area contributed by atoms with E-state index in [-0.39, 0.29) is 24.9 Å². The van der Waals surface area contributed by atoms with Crippen molar-refractivity contribution in [2.45, 2.75) is 63.5 Å².